The summed E-state index contributed by atoms with van der Waals surface area (Å²) in [7, 11) is 0. The summed E-state index contributed by atoms with van der Waals surface area (Å²) in [6, 6.07) is 8.66. The molecule has 0 radical (unpaired) electrons. The van der Waals surface area contributed by atoms with E-state index in [4.69, 9.17) is 29.6 Å². The molecule has 0 aliphatic rings. The lowest BCUT2D eigenvalue weighted by atomic mass is 10.1. The van der Waals surface area contributed by atoms with E-state index in [1.807, 2.05) is 6.07 Å². The molecule has 98 valence electrons. The molecule has 2 aromatic rings. The Labute approximate surface area is 132 Å². The lowest BCUT2D eigenvalue weighted by Crippen LogP contribution is -2.16. The zero-order valence-corrected chi connectivity index (χ0v) is 13.4. The number of thiophene rings is 1. The predicted molar refractivity (Wildman–Crippen MR) is 87.3 cm³/mol. The molecule has 0 saturated carbocycles. The molecule has 2 rings (SSSR count). The second kappa shape index (κ2) is 6.00. The molecule has 1 heterocycles. The average Bonchev–Trinajstić information content (AvgIpc) is 2.75. The number of carbonyl (C=O) groups excluding carboxylic acids is 1. The third kappa shape index (κ3) is 3.54. The highest BCUT2D eigenvalue weighted by atomic mass is 79.9. The summed E-state index contributed by atoms with van der Waals surface area (Å²) in [5, 5.41) is 2.78. The molecule has 19 heavy (non-hydrogen) atoms. The number of thiocarbonyl (C=S) groups is 1. The Bertz CT molecular complexity index is 657. The molecular weight excluding hydrogens is 368 g/mol. The molecule has 0 atom stereocenters. The molecule has 1 aromatic heterocycles. The van der Waals surface area contributed by atoms with Gasteiger partial charge in [-0.15, -0.1) is 11.3 Å². The Kier molecular flexibility index (Phi) is 4.57. The van der Waals surface area contributed by atoms with Crippen molar-refractivity contribution in [3.05, 3.63) is 49.6 Å². The maximum atomic E-state index is 12.1. The summed E-state index contributed by atoms with van der Waals surface area (Å²) in [5.41, 5.74) is 6.82. The van der Waals surface area contributed by atoms with E-state index in [9.17, 15) is 4.79 Å². The summed E-state index contributed by atoms with van der Waals surface area (Å²) in [6.45, 7) is 0. The Hall–Kier alpha value is -0.950. The number of benzene rings is 1. The molecule has 0 aliphatic heterocycles. The fraction of sp³-hybridized carbons (Fsp3) is 0. The Morgan fingerprint density at radius 1 is 1.37 bits per heavy atom. The average molecular weight is 376 g/mol. The highest BCUT2D eigenvalue weighted by molar-refractivity contribution is 9.10. The second-order valence-corrected chi connectivity index (χ2v) is 6.68. The molecule has 3 N–H and O–H groups in total. The van der Waals surface area contributed by atoms with Crippen LogP contribution in [0.1, 0.15) is 15.2 Å². The molecule has 0 aliphatic carbocycles. The number of nitrogens with one attached hydrogen (secondary N) is 1. The zero-order valence-electron chi connectivity index (χ0n) is 9.44. The highest BCUT2D eigenvalue weighted by Gasteiger charge is 2.12. The van der Waals surface area contributed by atoms with Crippen molar-refractivity contribution in [1.29, 1.82) is 0 Å². The van der Waals surface area contributed by atoms with E-state index in [0.717, 1.165) is 4.47 Å². The van der Waals surface area contributed by atoms with E-state index in [0.29, 0.717) is 20.5 Å². The standard InChI is InChI=1S/C12H8BrClN2OS2/c13-6-1-2-7(11(15)18)8(5-6)16-12(17)9-3-4-10(14)19-9/h1-5H,(H2,15,18)(H,16,17). The first-order valence-corrected chi connectivity index (χ1v) is 7.53. The van der Waals surface area contributed by atoms with E-state index >= 15 is 0 Å². The SMILES string of the molecule is NC(=S)c1ccc(Br)cc1NC(=O)c1ccc(Cl)s1. The van der Waals surface area contributed by atoms with Crippen molar-refractivity contribution in [3.8, 4) is 0 Å². The summed E-state index contributed by atoms with van der Waals surface area (Å²) < 4.78 is 1.39. The van der Waals surface area contributed by atoms with E-state index in [-0.39, 0.29) is 10.9 Å². The van der Waals surface area contributed by atoms with Gasteiger partial charge in [0.05, 0.1) is 14.9 Å². The van der Waals surface area contributed by atoms with Crippen LogP contribution in [0, 0.1) is 0 Å². The van der Waals surface area contributed by atoms with Crippen LogP contribution in [-0.2, 0) is 0 Å². The third-order valence-electron chi connectivity index (χ3n) is 2.29. The second-order valence-electron chi connectivity index (χ2n) is 3.61. The molecule has 0 spiro atoms. The van der Waals surface area contributed by atoms with Crippen LogP contribution in [0.15, 0.2) is 34.8 Å². The number of amides is 1. The minimum absolute atomic E-state index is 0.229. The number of halogens is 2. The highest BCUT2D eigenvalue weighted by Crippen LogP contribution is 2.25. The van der Waals surface area contributed by atoms with Gasteiger partial charge in [0, 0.05) is 10.0 Å². The van der Waals surface area contributed by atoms with E-state index < -0.39 is 0 Å². The van der Waals surface area contributed by atoms with Crippen molar-refractivity contribution in [3.63, 3.8) is 0 Å². The number of hydrogen-bond donors (Lipinski definition) is 2. The van der Waals surface area contributed by atoms with Crippen LogP contribution in [0.4, 0.5) is 5.69 Å². The first-order valence-electron chi connectivity index (χ1n) is 5.13. The maximum Gasteiger partial charge on any atom is 0.265 e. The van der Waals surface area contributed by atoms with Crippen LogP contribution in [-0.4, -0.2) is 10.9 Å². The summed E-state index contributed by atoms with van der Waals surface area (Å²) in [5.74, 6) is -0.243. The fourth-order valence-electron chi connectivity index (χ4n) is 1.45. The smallest absolute Gasteiger partial charge is 0.265 e. The minimum atomic E-state index is -0.243. The zero-order chi connectivity index (χ0) is 14.0. The van der Waals surface area contributed by atoms with E-state index in [2.05, 4.69) is 21.2 Å². The van der Waals surface area contributed by atoms with Crippen molar-refractivity contribution in [2.24, 2.45) is 5.73 Å². The molecule has 3 nitrogen and oxygen atoms in total. The lowest BCUT2D eigenvalue weighted by Gasteiger charge is -2.09. The van der Waals surface area contributed by atoms with Crippen LogP contribution in [0.25, 0.3) is 0 Å². The van der Waals surface area contributed by atoms with Gasteiger partial charge in [0.2, 0.25) is 0 Å². The van der Waals surface area contributed by atoms with Crippen LogP contribution in [0.5, 0.6) is 0 Å². The van der Waals surface area contributed by atoms with Crippen LogP contribution in [0.2, 0.25) is 4.34 Å². The van der Waals surface area contributed by atoms with Gasteiger partial charge in [-0.05, 0) is 30.3 Å². The van der Waals surface area contributed by atoms with Crippen molar-refractivity contribution in [1.82, 2.24) is 0 Å². The van der Waals surface area contributed by atoms with Crippen molar-refractivity contribution in [2.75, 3.05) is 5.32 Å². The molecule has 1 aromatic carbocycles. The molecule has 0 fully saturated rings. The minimum Gasteiger partial charge on any atom is -0.389 e. The predicted octanol–water partition coefficient (Wildman–Crippen LogP) is 4.05. The quantitative estimate of drug-likeness (QED) is 0.796. The van der Waals surface area contributed by atoms with Gasteiger partial charge in [-0.3, -0.25) is 4.79 Å². The fourth-order valence-corrected chi connectivity index (χ4v) is 2.93. The van der Waals surface area contributed by atoms with Gasteiger partial charge in [0.15, 0.2) is 0 Å². The van der Waals surface area contributed by atoms with Gasteiger partial charge < -0.3 is 11.1 Å². The molecular formula is C12H8BrClN2OS2. The van der Waals surface area contributed by atoms with Crippen molar-refractivity contribution < 1.29 is 4.79 Å². The van der Waals surface area contributed by atoms with Gasteiger partial charge in [0.25, 0.3) is 5.91 Å². The van der Waals surface area contributed by atoms with E-state index in [1.54, 1.807) is 24.3 Å². The van der Waals surface area contributed by atoms with Gasteiger partial charge in [0.1, 0.15) is 4.99 Å². The maximum absolute atomic E-state index is 12.1. The van der Waals surface area contributed by atoms with Gasteiger partial charge >= 0.3 is 0 Å². The van der Waals surface area contributed by atoms with Crippen molar-refractivity contribution >= 4 is 67.7 Å². The largest absolute Gasteiger partial charge is 0.389 e. The Morgan fingerprint density at radius 3 is 2.68 bits per heavy atom. The summed E-state index contributed by atoms with van der Waals surface area (Å²) in [6.07, 6.45) is 0. The molecule has 0 unspecified atom stereocenters. The summed E-state index contributed by atoms with van der Waals surface area (Å²) in [4.78, 5) is 12.8. The number of carbonyl (C=O) groups is 1. The lowest BCUT2D eigenvalue weighted by molar-refractivity contribution is 0.103. The normalized spacial score (nSPS) is 10.2. The van der Waals surface area contributed by atoms with Gasteiger partial charge in [-0.2, -0.15) is 0 Å². The van der Waals surface area contributed by atoms with Gasteiger partial charge in [-0.1, -0.05) is 39.7 Å². The monoisotopic (exact) mass is 374 g/mol. The summed E-state index contributed by atoms with van der Waals surface area (Å²) >= 11 is 15.3. The molecule has 0 saturated heterocycles. The Morgan fingerprint density at radius 2 is 2.11 bits per heavy atom. The van der Waals surface area contributed by atoms with Crippen molar-refractivity contribution in [2.45, 2.75) is 0 Å². The Balaban J connectivity index is 2.30. The molecule has 7 heteroatoms. The van der Waals surface area contributed by atoms with Crippen LogP contribution < -0.4 is 11.1 Å². The number of rotatable bonds is 3. The van der Waals surface area contributed by atoms with Crippen LogP contribution >= 0.6 is 51.1 Å². The van der Waals surface area contributed by atoms with Crippen LogP contribution in [0.3, 0.4) is 0 Å². The first kappa shape index (κ1) is 14.5. The molecule has 1 amide bonds. The topological polar surface area (TPSA) is 55.1 Å². The van der Waals surface area contributed by atoms with E-state index in [1.165, 1.54) is 11.3 Å². The third-order valence-corrected chi connectivity index (χ3v) is 4.24. The number of nitrogens with two attached hydrogens (primary N) is 1. The van der Waals surface area contributed by atoms with Gasteiger partial charge in [-0.25, -0.2) is 0 Å². The molecule has 0 bridgehead atoms. The number of anilines is 1. The number of hydrogen-bond acceptors (Lipinski definition) is 3. The first-order chi connectivity index (χ1) is 8.97.